The van der Waals surface area contributed by atoms with Crippen molar-refractivity contribution in [3.8, 4) is 0 Å². The molecule has 17 heavy (non-hydrogen) atoms. The summed E-state index contributed by atoms with van der Waals surface area (Å²) in [6, 6.07) is 0. The van der Waals surface area contributed by atoms with Crippen molar-refractivity contribution in [1.29, 1.82) is 0 Å². The maximum absolute atomic E-state index is 10.1. The summed E-state index contributed by atoms with van der Waals surface area (Å²) in [4.78, 5) is 10.1. The van der Waals surface area contributed by atoms with Gasteiger partial charge in [-0.2, -0.15) is 0 Å². The summed E-state index contributed by atoms with van der Waals surface area (Å²) in [7, 11) is 0. The van der Waals surface area contributed by atoms with E-state index in [0.29, 0.717) is 0 Å². The van der Waals surface area contributed by atoms with Crippen LogP contribution in [0.4, 0.5) is 0 Å². The third-order valence-corrected chi connectivity index (χ3v) is 2.43. The fourth-order valence-electron chi connectivity index (χ4n) is 1.48. The van der Waals surface area contributed by atoms with Crippen molar-refractivity contribution in [3.63, 3.8) is 0 Å². The molecule has 0 rings (SSSR count). The predicted molar refractivity (Wildman–Crippen MR) is 73.0 cm³/mol. The van der Waals surface area contributed by atoms with Crippen molar-refractivity contribution in [2.24, 2.45) is 0 Å². The van der Waals surface area contributed by atoms with Crippen LogP contribution in [0.2, 0.25) is 0 Å². The Kier molecular flexibility index (Phi) is 11.8. The van der Waals surface area contributed by atoms with Gasteiger partial charge in [0, 0.05) is 6.08 Å². The molecule has 0 aliphatic rings. The van der Waals surface area contributed by atoms with Gasteiger partial charge in [-0.1, -0.05) is 69.4 Å². The van der Waals surface area contributed by atoms with E-state index < -0.39 is 5.97 Å². The molecule has 0 radical (unpaired) electrons. The Bertz CT molecular complexity index is 262. The largest absolute Gasteiger partial charge is 0.478 e. The van der Waals surface area contributed by atoms with E-state index in [1.54, 1.807) is 6.08 Å². The summed E-state index contributed by atoms with van der Waals surface area (Å²) in [6.07, 6.45) is 19.4. The zero-order chi connectivity index (χ0) is 12.8. The zero-order valence-corrected chi connectivity index (χ0v) is 10.8. The third kappa shape index (κ3) is 14.7. The molecule has 0 unspecified atom stereocenters. The Balaban J connectivity index is 3.33. The molecule has 0 aliphatic heterocycles. The number of aliphatic carboxylic acids is 1. The monoisotopic (exact) mass is 236 g/mol. The third-order valence-electron chi connectivity index (χ3n) is 2.43. The summed E-state index contributed by atoms with van der Waals surface area (Å²) < 4.78 is 0. The molecule has 0 aromatic rings. The first-order valence-electron chi connectivity index (χ1n) is 6.50. The molecule has 0 bridgehead atoms. The van der Waals surface area contributed by atoms with E-state index in [1.165, 1.54) is 44.6 Å². The molecule has 0 heterocycles. The molecule has 0 atom stereocenters. The smallest absolute Gasteiger partial charge is 0.328 e. The molecule has 1 N–H and O–H groups in total. The molecule has 0 saturated heterocycles. The fourth-order valence-corrected chi connectivity index (χ4v) is 1.48. The van der Waals surface area contributed by atoms with Crippen molar-refractivity contribution < 1.29 is 9.90 Å². The summed E-state index contributed by atoms with van der Waals surface area (Å²) in [5.41, 5.74) is 0. The van der Waals surface area contributed by atoms with E-state index in [9.17, 15) is 4.79 Å². The summed E-state index contributed by atoms with van der Waals surface area (Å²) >= 11 is 0. The standard InChI is InChI=1S/C15H24O2/c1-2-3-4-5-6-7-8-9-10-11-12-13-14-15(16)17/h9-14H,2-8H2,1H3,(H,16,17). The van der Waals surface area contributed by atoms with Crippen LogP contribution in [0.1, 0.15) is 51.9 Å². The molecule has 0 amide bonds. The van der Waals surface area contributed by atoms with Gasteiger partial charge in [-0.15, -0.1) is 0 Å². The number of hydrogen-bond donors (Lipinski definition) is 1. The minimum absolute atomic E-state index is 0.911. The van der Waals surface area contributed by atoms with Gasteiger partial charge in [-0.3, -0.25) is 0 Å². The van der Waals surface area contributed by atoms with Crippen LogP contribution in [-0.2, 0) is 4.79 Å². The van der Waals surface area contributed by atoms with Crippen molar-refractivity contribution in [3.05, 3.63) is 36.5 Å². The second-order valence-corrected chi connectivity index (χ2v) is 4.07. The van der Waals surface area contributed by atoms with E-state index >= 15 is 0 Å². The quantitative estimate of drug-likeness (QED) is 0.345. The van der Waals surface area contributed by atoms with Crippen molar-refractivity contribution in [2.45, 2.75) is 51.9 Å². The zero-order valence-electron chi connectivity index (χ0n) is 10.8. The molecular weight excluding hydrogens is 212 g/mol. The lowest BCUT2D eigenvalue weighted by atomic mass is 10.1. The van der Waals surface area contributed by atoms with Crippen LogP contribution in [0.3, 0.4) is 0 Å². The highest BCUT2D eigenvalue weighted by atomic mass is 16.4. The fraction of sp³-hybridized carbons (Fsp3) is 0.533. The van der Waals surface area contributed by atoms with Crippen LogP contribution in [0.25, 0.3) is 0 Å². The van der Waals surface area contributed by atoms with Gasteiger partial charge in [0.05, 0.1) is 0 Å². The van der Waals surface area contributed by atoms with Crippen LogP contribution >= 0.6 is 0 Å². The van der Waals surface area contributed by atoms with Crippen molar-refractivity contribution >= 4 is 5.97 Å². The molecule has 0 aromatic carbocycles. The second-order valence-electron chi connectivity index (χ2n) is 4.07. The first-order valence-corrected chi connectivity index (χ1v) is 6.50. The number of hydrogen-bond acceptors (Lipinski definition) is 1. The van der Waals surface area contributed by atoms with E-state index in [4.69, 9.17) is 5.11 Å². The van der Waals surface area contributed by atoms with Gasteiger partial charge in [0.1, 0.15) is 0 Å². The van der Waals surface area contributed by atoms with Gasteiger partial charge < -0.3 is 5.11 Å². The van der Waals surface area contributed by atoms with Crippen molar-refractivity contribution in [1.82, 2.24) is 0 Å². The highest BCUT2D eigenvalue weighted by Gasteiger charge is 1.87. The van der Waals surface area contributed by atoms with Crippen LogP contribution < -0.4 is 0 Å². The van der Waals surface area contributed by atoms with Gasteiger partial charge in [0.15, 0.2) is 0 Å². The van der Waals surface area contributed by atoms with Crippen LogP contribution in [-0.4, -0.2) is 11.1 Å². The van der Waals surface area contributed by atoms with E-state index in [0.717, 1.165) is 12.5 Å². The van der Waals surface area contributed by atoms with E-state index in [-0.39, 0.29) is 0 Å². The maximum atomic E-state index is 10.1. The topological polar surface area (TPSA) is 37.3 Å². The maximum Gasteiger partial charge on any atom is 0.328 e. The van der Waals surface area contributed by atoms with Gasteiger partial charge in [0.2, 0.25) is 0 Å². The SMILES string of the molecule is CCCCCCCCC=CC=CC=CC(=O)O. The molecule has 0 fully saturated rings. The van der Waals surface area contributed by atoms with Gasteiger partial charge in [-0.25, -0.2) is 4.79 Å². The summed E-state index contributed by atoms with van der Waals surface area (Å²) in [5.74, 6) is -0.911. The highest BCUT2D eigenvalue weighted by molar-refractivity contribution is 5.80. The van der Waals surface area contributed by atoms with E-state index in [1.807, 2.05) is 12.2 Å². The average molecular weight is 236 g/mol. The number of rotatable bonds is 10. The van der Waals surface area contributed by atoms with Crippen LogP contribution in [0, 0.1) is 0 Å². The Hall–Kier alpha value is -1.31. The summed E-state index contributed by atoms with van der Waals surface area (Å²) in [5, 5.41) is 8.34. The Labute approximate surface area is 105 Å². The lowest BCUT2D eigenvalue weighted by Gasteiger charge is -1.97. The molecule has 2 heteroatoms. The highest BCUT2D eigenvalue weighted by Crippen LogP contribution is 2.07. The lowest BCUT2D eigenvalue weighted by Crippen LogP contribution is -1.84. The number of carbonyl (C=O) groups is 1. The Morgan fingerprint density at radius 3 is 2.29 bits per heavy atom. The number of unbranched alkanes of at least 4 members (excludes halogenated alkanes) is 6. The molecule has 0 aliphatic carbocycles. The minimum atomic E-state index is -0.911. The molecule has 0 spiro atoms. The normalized spacial score (nSPS) is 12.1. The van der Waals surface area contributed by atoms with Crippen LogP contribution in [0.5, 0.6) is 0 Å². The average Bonchev–Trinajstić information content (AvgIpc) is 2.30. The van der Waals surface area contributed by atoms with Gasteiger partial charge in [0.25, 0.3) is 0 Å². The number of carboxylic acids is 1. The molecule has 0 aromatic heterocycles. The molecule has 0 saturated carbocycles. The van der Waals surface area contributed by atoms with Gasteiger partial charge >= 0.3 is 5.97 Å². The lowest BCUT2D eigenvalue weighted by molar-refractivity contribution is -0.131. The molecule has 96 valence electrons. The Morgan fingerprint density at radius 1 is 0.941 bits per heavy atom. The van der Waals surface area contributed by atoms with Crippen LogP contribution in [0.15, 0.2) is 36.5 Å². The summed E-state index contributed by atoms with van der Waals surface area (Å²) in [6.45, 7) is 2.23. The second kappa shape index (κ2) is 12.8. The van der Waals surface area contributed by atoms with Gasteiger partial charge in [-0.05, 0) is 12.8 Å². The predicted octanol–water partition coefficient (Wildman–Crippen LogP) is 4.49. The van der Waals surface area contributed by atoms with Crippen molar-refractivity contribution in [2.75, 3.05) is 0 Å². The first kappa shape index (κ1) is 15.7. The number of allylic oxidation sites excluding steroid dienone is 5. The Morgan fingerprint density at radius 2 is 1.59 bits per heavy atom. The van der Waals surface area contributed by atoms with E-state index in [2.05, 4.69) is 13.0 Å². The number of carboxylic acid groups (broad SMARTS) is 1. The molecule has 2 nitrogen and oxygen atoms in total. The minimum Gasteiger partial charge on any atom is -0.478 e. The first-order chi connectivity index (χ1) is 8.27. The molecular formula is C15H24O2.